The molecule has 220 valence electrons. The Balaban J connectivity index is 3.77. The van der Waals surface area contributed by atoms with E-state index in [1.807, 2.05) is 19.6 Å². The van der Waals surface area contributed by atoms with Crippen LogP contribution in [0.15, 0.2) is 12.2 Å². The molecule has 15 heteroatoms. The normalized spacial score (nSPS) is 21.9. The highest BCUT2D eigenvalue weighted by molar-refractivity contribution is 6.69. The second kappa shape index (κ2) is 14.7. The molecule has 0 aromatic rings. The Morgan fingerprint density at radius 2 is 1.36 bits per heavy atom. The maximum atomic E-state index is 12.3. The fourth-order valence-corrected chi connectivity index (χ4v) is 5.28. The van der Waals surface area contributed by atoms with Crippen LogP contribution in [0.5, 0.6) is 0 Å². The van der Waals surface area contributed by atoms with Crippen LogP contribution in [0.2, 0.25) is 19.6 Å². The van der Waals surface area contributed by atoms with E-state index in [9.17, 15) is 34.1 Å². The Morgan fingerprint density at radius 1 is 0.846 bits per heavy atom. The Hall–Kier alpha value is -3.33. The predicted molar refractivity (Wildman–Crippen MR) is 135 cm³/mol. The van der Waals surface area contributed by atoms with E-state index in [1.54, 1.807) is 12.2 Å². The van der Waals surface area contributed by atoms with Gasteiger partial charge in [0.1, 0.15) is 12.7 Å². The molecular formula is C24H37NO13Si. The molecule has 0 N–H and O–H groups in total. The maximum absolute atomic E-state index is 12.3. The van der Waals surface area contributed by atoms with Gasteiger partial charge >= 0.3 is 29.8 Å². The third kappa shape index (κ3) is 11.5. The highest BCUT2D eigenvalue weighted by Crippen LogP contribution is 2.34. The van der Waals surface area contributed by atoms with Crippen LogP contribution in [0.25, 0.3) is 0 Å². The van der Waals surface area contributed by atoms with Gasteiger partial charge in [-0.2, -0.15) is 0 Å². The van der Waals surface area contributed by atoms with Gasteiger partial charge in [0.05, 0.1) is 5.92 Å². The van der Waals surface area contributed by atoms with Crippen LogP contribution in [0.1, 0.15) is 41.0 Å². The summed E-state index contributed by atoms with van der Waals surface area (Å²) in [6.45, 7) is 10.2. The second-order valence-electron chi connectivity index (χ2n) is 9.97. The van der Waals surface area contributed by atoms with Gasteiger partial charge in [-0.05, 0) is 26.1 Å². The number of nitrogens with zero attached hydrogens (tertiary/aromatic N) is 1. The molecular weight excluding hydrogens is 538 g/mol. The fraction of sp³-hybridized carbons (Fsp3) is 0.708. The number of carbonyl (C=O) groups excluding carboxylic acids is 5. The van der Waals surface area contributed by atoms with Crippen molar-refractivity contribution in [2.45, 2.75) is 97.2 Å². The van der Waals surface area contributed by atoms with Gasteiger partial charge in [0.15, 0.2) is 32.7 Å². The Labute approximate surface area is 227 Å². The zero-order valence-electron chi connectivity index (χ0n) is 23.4. The van der Waals surface area contributed by atoms with E-state index in [4.69, 9.17) is 28.1 Å². The molecule has 1 aliphatic carbocycles. The third-order valence-corrected chi connectivity index (χ3v) is 6.33. The third-order valence-electron chi connectivity index (χ3n) is 5.35. The second-order valence-corrected chi connectivity index (χ2v) is 14.4. The lowest BCUT2D eigenvalue weighted by Gasteiger charge is -2.41. The Kier molecular flexibility index (Phi) is 12.7. The predicted octanol–water partition coefficient (Wildman–Crippen LogP) is 1.72. The van der Waals surface area contributed by atoms with Crippen LogP contribution in [0.3, 0.4) is 0 Å². The highest BCUT2D eigenvalue weighted by atomic mass is 28.4. The van der Waals surface area contributed by atoms with Gasteiger partial charge in [0.2, 0.25) is 6.04 Å². The molecule has 39 heavy (non-hydrogen) atoms. The van der Waals surface area contributed by atoms with E-state index in [-0.39, 0.29) is 6.42 Å². The number of rotatable bonds is 13. The lowest BCUT2D eigenvalue weighted by atomic mass is 9.79. The van der Waals surface area contributed by atoms with Crippen LogP contribution in [-0.2, 0) is 52.1 Å². The van der Waals surface area contributed by atoms with Crippen molar-refractivity contribution in [3.63, 3.8) is 0 Å². The Morgan fingerprint density at radius 3 is 1.79 bits per heavy atom. The number of carbonyl (C=O) groups is 5. The van der Waals surface area contributed by atoms with Crippen molar-refractivity contribution >= 4 is 38.2 Å². The van der Waals surface area contributed by atoms with Crippen LogP contribution >= 0.6 is 0 Å². The topological polar surface area (TPSA) is 184 Å². The van der Waals surface area contributed by atoms with Gasteiger partial charge in [-0.25, -0.2) is 0 Å². The van der Waals surface area contributed by atoms with Crippen LogP contribution in [-0.4, -0.2) is 86.3 Å². The molecule has 1 rings (SSSR count). The number of allylic oxidation sites excluding steroid dienone is 1. The number of esters is 5. The lowest BCUT2D eigenvalue weighted by Crippen LogP contribution is -2.59. The summed E-state index contributed by atoms with van der Waals surface area (Å²) in [7, 11) is -2.31. The monoisotopic (exact) mass is 575 g/mol. The van der Waals surface area contributed by atoms with Crippen LogP contribution in [0, 0.1) is 16.0 Å². The average Bonchev–Trinajstić information content (AvgIpc) is 2.75. The van der Waals surface area contributed by atoms with E-state index >= 15 is 0 Å². The van der Waals surface area contributed by atoms with Crippen molar-refractivity contribution in [2.75, 3.05) is 6.61 Å². The van der Waals surface area contributed by atoms with E-state index in [0.29, 0.717) is 0 Å². The standard InChI is InChI=1S/C24H37NO13Si/c1-13(26)33-12-20(34-14(2)27)23(36-16(4)29)24(37-17(5)30)22(35-15(3)28)18-10-9-11-19(21(18)25(31)32)38-39(6,7)8/h9,11,18-24H,10,12H2,1-8H3/t18-,19-,20-,21+,22?,23-,24-/m1/s1. The summed E-state index contributed by atoms with van der Waals surface area (Å²) in [6.07, 6.45) is -4.31. The van der Waals surface area contributed by atoms with E-state index in [2.05, 4.69) is 0 Å². The average molecular weight is 576 g/mol. The minimum absolute atomic E-state index is 0.00187. The number of nitro groups is 1. The molecule has 0 saturated carbocycles. The Bertz CT molecular complexity index is 960. The molecule has 0 radical (unpaired) electrons. The van der Waals surface area contributed by atoms with Gasteiger partial charge in [-0.1, -0.05) is 12.2 Å². The van der Waals surface area contributed by atoms with Gasteiger partial charge in [-0.3, -0.25) is 34.1 Å². The highest BCUT2D eigenvalue weighted by Gasteiger charge is 2.54. The van der Waals surface area contributed by atoms with Crippen molar-refractivity contribution in [1.29, 1.82) is 0 Å². The first-order valence-electron chi connectivity index (χ1n) is 12.2. The molecule has 0 aliphatic heterocycles. The maximum Gasteiger partial charge on any atom is 0.303 e. The quantitative estimate of drug-likeness (QED) is 0.0773. The van der Waals surface area contributed by atoms with Crippen molar-refractivity contribution in [2.24, 2.45) is 5.92 Å². The molecule has 0 bridgehead atoms. The molecule has 0 aromatic heterocycles. The number of hydrogen-bond donors (Lipinski definition) is 0. The SMILES string of the molecule is CC(=O)OC[C@@H](OC(C)=O)[C@@H](OC(C)=O)[C@H](OC(C)=O)C(OC(C)=O)[C@@H]1CC=C[C@@H](O[Si](C)(C)C)[C@H]1[N+](=O)[O-]. The summed E-state index contributed by atoms with van der Waals surface area (Å²) < 4.78 is 32.6. The summed E-state index contributed by atoms with van der Waals surface area (Å²) in [5.41, 5.74) is 0. The smallest absolute Gasteiger partial charge is 0.303 e. The largest absolute Gasteiger partial charge is 0.462 e. The first kappa shape index (κ1) is 33.7. The van der Waals surface area contributed by atoms with Gasteiger partial charge in [0.25, 0.3) is 0 Å². The molecule has 0 aromatic carbocycles. The van der Waals surface area contributed by atoms with Crippen molar-refractivity contribution in [3.05, 3.63) is 22.3 Å². The van der Waals surface area contributed by atoms with Gasteiger partial charge in [-0.15, -0.1) is 0 Å². The molecule has 0 amide bonds. The number of hydrogen-bond acceptors (Lipinski definition) is 13. The molecule has 0 heterocycles. The summed E-state index contributed by atoms with van der Waals surface area (Å²) in [5.74, 6) is -5.45. The molecule has 14 nitrogen and oxygen atoms in total. The number of ether oxygens (including phenoxy) is 5. The first-order chi connectivity index (χ1) is 17.9. The zero-order valence-corrected chi connectivity index (χ0v) is 24.4. The minimum atomic E-state index is -2.31. The minimum Gasteiger partial charge on any atom is -0.462 e. The van der Waals surface area contributed by atoms with E-state index in [0.717, 1.165) is 34.6 Å². The summed E-state index contributed by atoms with van der Waals surface area (Å²) >= 11 is 0. The molecule has 1 aliphatic rings. The molecule has 1 unspecified atom stereocenters. The molecule has 0 spiro atoms. The van der Waals surface area contributed by atoms with Gasteiger partial charge in [0, 0.05) is 39.5 Å². The first-order valence-corrected chi connectivity index (χ1v) is 15.6. The fourth-order valence-electron chi connectivity index (χ4n) is 4.25. The molecule has 0 saturated heterocycles. The van der Waals surface area contributed by atoms with Crippen molar-refractivity contribution in [3.8, 4) is 0 Å². The van der Waals surface area contributed by atoms with Crippen molar-refractivity contribution in [1.82, 2.24) is 0 Å². The summed E-state index contributed by atoms with van der Waals surface area (Å²) in [5, 5.41) is 12.3. The van der Waals surface area contributed by atoms with Crippen LogP contribution in [0.4, 0.5) is 0 Å². The van der Waals surface area contributed by atoms with E-state index < -0.39 is 92.2 Å². The van der Waals surface area contributed by atoms with Crippen molar-refractivity contribution < 1.29 is 57.0 Å². The summed E-state index contributed by atoms with van der Waals surface area (Å²) in [6, 6.07) is -1.46. The molecule has 0 fully saturated rings. The van der Waals surface area contributed by atoms with E-state index in [1.165, 1.54) is 0 Å². The zero-order chi connectivity index (χ0) is 30.1. The van der Waals surface area contributed by atoms with Gasteiger partial charge < -0.3 is 28.1 Å². The molecule has 7 atom stereocenters. The lowest BCUT2D eigenvalue weighted by molar-refractivity contribution is -0.544. The van der Waals surface area contributed by atoms with Crippen LogP contribution < -0.4 is 0 Å². The summed E-state index contributed by atoms with van der Waals surface area (Å²) in [4.78, 5) is 71.8.